The Morgan fingerprint density at radius 2 is 1.74 bits per heavy atom. The molecule has 2 atom stereocenters. The number of nitrogens with zero attached hydrogens (tertiary/aromatic N) is 1. The van der Waals surface area contributed by atoms with Crippen LogP contribution in [0.1, 0.15) is 64.5 Å². The van der Waals surface area contributed by atoms with E-state index in [0.717, 1.165) is 23.3 Å². The summed E-state index contributed by atoms with van der Waals surface area (Å²) in [5, 5.41) is 0. The molecule has 1 aromatic carbocycles. The summed E-state index contributed by atoms with van der Waals surface area (Å²) >= 11 is 0. The maximum absolute atomic E-state index is 13.1. The zero-order chi connectivity index (χ0) is 19.9. The fourth-order valence-corrected chi connectivity index (χ4v) is 4.27. The summed E-state index contributed by atoms with van der Waals surface area (Å²) in [5.74, 6) is -0.904. The molecule has 4 heteroatoms. The molecule has 0 spiro atoms. The molecule has 1 aliphatic heterocycles. The Balaban J connectivity index is 2.15. The van der Waals surface area contributed by atoms with E-state index in [0.29, 0.717) is 17.7 Å². The average Bonchev–Trinajstić information content (AvgIpc) is 2.52. The largest absolute Gasteiger partial charge is 0.460 e. The first-order chi connectivity index (χ1) is 12.6. The van der Waals surface area contributed by atoms with Crippen LogP contribution < -0.4 is 0 Å². The molecule has 0 bridgehead atoms. The fraction of sp³-hybridized carbons (Fsp3) is 0.522. The number of aryl methyl sites for hydroxylation is 1. The highest BCUT2D eigenvalue weighted by atomic mass is 16.5. The van der Waals surface area contributed by atoms with Crippen LogP contribution in [0, 0.1) is 18.3 Å². The maximum atomic E-state index is 13.1. The van der Waals surface area contributed by atoms with Gasteiger partial charge < -0.3 is 4.74 Å². The highest BCUT2D eigenvalue weighted by Crippen LogP contribution is 2.47. The van der Waals surface area contributed by atoms with E-state index in [1.807, 2.05) is 52.0 Å². The lowest BCUT2D eigenvalue weighted by Gasteiger charge is -2.41. The van der Waals surface area contributed by atoms with Gasteiger partial charge in [-0.3, -0.25) is 9.79 Å². The number of benzene rings is 1. The predicted octanol–water partition coefficient (Wildman–Crippen LogP) is 4.76. The molecule has 1 aliphatic carbocycles. The number of ketones is 1. The molecule has 4 nitrogen and oxygen atoms in total. The van der Waals surface area contributed by atoms with E-state index in [4.69, 9.17) is 9.73 Å². The number of hydrogen-bond acceptors (Lipinski definition) is 4. The summed E-state index contributed by atoms with van der Waals surface area (Å²) in [4.78, 5) is 30.8. The molecule has 2 aliphatic rings. The first-order valence-corrected chi connectivity index (χ1v) is 9.67. The minimum Gasteiger partial charge on any atom is -0.460 e. The molecule has 1 aromatic rings. The molecule has 0 radical (unpaired) electrons. The van der Waals surface area contributed by atoms with Crippen LogP contribution in [0.3, 0.4) is 0 Å². The van der Waals surface area contributed by atoms with Gasteiger partial charge in [0.05, 0.1) is 17.6 Å². The summed E-state index contributed by atoms with van der Waals surface area (Å²) in [6, 6.07) is 8.09. The number of hydrogen-bond donors (Lipinski definition) is 0. The Labute approximate surface area is 161 Å². The van der Waals surface area contributed by atoms with E-state index in [1.165, 1.54) is 0 Å². The zero-order valence-corrected chi connectivity index (χ0v) is 17.1. The summed E-state index contributed by atoms with van der Waals surface area (Å²) in [6.45, 7) is 11.8. The van der Waals surface area contributed by atoms with Crippen LogP contribution in [0.4, 0.5) is 0 Å². The van der Waals surface area contributed by atoms with Crippen molar-refractivity contribution in [3.63, 3.8) is 0 Å². The second kappa shape index (κ2) is 7.06. The number of fused-ring (bicyclic) bond motifs is 1. The van der Waals surface area contributed by atoms with E-state index in [2.05, 4.69) is 13.8 Å². The molecular weight excluding hydrogens is 338 g/mol. The quantitative estimate of drug-likeness (QED) is 0.724. The van der Waals surface area contributed by atoms with E-state index in [1.54, 1.807) is 0 Å². The van der Waals surface area contributed by atoms with Crippen LogP contribution in [0.2, 0.25) is 0 Å². The summed E-state index contributed by atoms with van der Waals surface area (Å²) in [7, 11) is 0. The predicted molar refractivity (Wildman–Crippen MR) is 107 cm³/mol. The monoisotopic (exact) mass is 367 g/mol. The van der Waals surface area contributed by atoms with Crippen molar-refractivity contribution >= 4 is 17.5 Å². The molecule has 3 rings (SSSR count). The first kappa shape index (κ1) is 19.5. The van der Waals surface area contributed by atoms with Gasteiger partial charge in [-0.1, -0.05) is 43.7 Å². The number of allylic oxidation sites excluding steroid dienone is 1. The molecule has 0 saturated heterocycles. The number of rotatable bonds is 3. The summed E-state index contributed by atoms with van der Waals surface area (Å²) in [6.07, 6.45) is 1.06. The van der Waals surface area contributed by atoms with Crippen LogP contribution >= 0.6 is 0 Å². The van der Waals surface area contributed by atoms with Gasteiger partial charge >= 0.3 is 5.97 Å². The second-order valence-electron chi connectivity index (χ2n) is 8.91. The molecule has 1 saturated carbocycles. The number of carbonyl (C=O) groups is 2. The molecular formula is C23H29NO3. The molecule has 1 fully saturated rings. The third-order valence-electron chi connectivity index (χ3n) is 5.36. The topological polar surface area (TPSA) is 55.7 Å². The van der Waals surface area contributed by atoms with Crippen molar-refractivity contribution in [1.29, 1.82) is 0 Å². The Hall–Kier alpha value is -2.23. The van der Waals surface area contributed by atoms with Gasteiger partial charge in [0.25, 0.3) is 0 Å². The lowest BCUT2D eigenvalue weighted by atomic mass is 9.63. The van der Waals surface area contributed by atoms with Crippen molar-refractivity contribution in [1.82, 2.24) is 0 Å². The van der Waals surface area contributed by atoms with Gasteiger partial charge in [0.15, 0.2) is 0 Å². The Kier molecular flexibility index (Phi) is 5.11. The summed E-state index contributed by atoms with van der Waals surface area (Å²) < 4.78 is 5.51. The fourth-order valence-electron chi connectivity index (χ4n) is 4.27. The van der Waals surface area contributed by atoms with Gasteiger partial charge in [-0.15, -0.1) is 0 Å². The maximum Gasteiger partial charge on any atom is 0.336 e. The molecule has 0 N–H and O–H groups in total. The van der Waals surface area contributed by atoms with Gasteiger partial charge in [0.1, 0.15) is 5.78 Å². The minimum atomic E-state index is -0.376. The zero-order valence-electron chi connectivity index (χ0n) is 17.1. The van der Waals surface area contributed by atoms with Crippen molar-refractivity contribution in [2.45, 2.75) is 66.4 Å². The highest BCUT2D eigenvalue weighted by molar-refractivity contribution is 6.12. The van der Waals surface area contributed by atoms with E-state index in [-0.39, 0.29) is 35.1 Å². The lowest BCUT2D eigenvalue weighted by molar-refractivity contribution is -0.143. The van der Waals surface area contributed by atoms with Crippen molar-refractivity contribution in [2.24, 2.45) is 16.3 Å². The van der Waals surface area contributed by atoms with E-state index >= 15 is 0 Å². The average molecular weight is 367 g/mol. The van der Waals surface area contributed by atoms with Crippen molar-refractivity contribution in [3.8, 4) is 0 Å². The van der Waals surface area contributed by atoms with Crippen LogP contribution in [0.25, 0.3) is 0 Å². The highest BCUT2D eigenvalue weighted by Gasteiger charge is 2.47. The van der Waals surface area contributed by atoms with Crippen LogP contribution in [-0.2, 0) is 14.3 Å². The molecule has 1 unspecified atom stereocenters. The van der Waals surface area contributed by atoms with Crippen molar-refractivity contribution in [3.05, 3.63) is 46.7 Å². The Bertz CT molecular complexity index is 828. The normalized spacial score (nSPS) is 24.6. The van der Waals surface area contributed by atoms with Crippen molar-refractivity contribution < 1.29 is 14.3 Å². The number of Topliss-reactive ketones (excluding diaryl/α,β-unsaturated/α-hetero) is 1. The molecule has 0 amide bonds. The van der Waals surface area contributed by atoms with Crippen molar-refractivity contribution in [2.75, 3.05) is 0 Å². The smallest absolute Gasteiger partial charge is 0.336 e. The van der Waals surface area contributed by atoms with Gasteiger partial charge in [-0.25, -0.2) is 4.79 Å². The molecule has 144 valence electrons. The van der Waals surface area contributed by atoms with Gasteiger partial charge in [-0.05, 0) is 45.1 Å². The Morgan fingerprint density at radius 1 is 1.11 bits per heavy atom. The van der Waals surface area contributed by atoms with Gasteiger partial charge in [-0.2, -0.15) is 0 Å². The van der Waals surface area contributed by atoms with E-state index < -0.39 is 0 Å². The molecule has 27 heavy (non-hydrogen) atoms. The lowest BCUT2D eigenvalue weighted by Crippen LogP contribution is -2.44. The van der Waals surface area contributed by atoms with Gasteiger partial charge in [0.2, 0.25) is 0 Å². The number of ether oxygens (including phenoxy) is 1. The third kappa shape index (κ3) is 3.90. The summed E-state index contributed by atoms with van der Waals surface area (Å²) in [5.41, 5.74) is 4.12. The molecule has 0 aromatic heterocycles. The molecule has 1 heterocycles. The third-order valence-corrected chi connectivity index (χ3v) is 5.36. The Morgan fingerprint density at radius 3 is 2.33 bits per heavy atom. The van der Waals surface area contributed by atoms with E-state index in [9.17, 15) is 9.59 Å². The van der Waals surface area contributed by atoms with Crippen LogP contribution in [0.15, 0.2) is 40.5 Å². The van der Waals surface area contributed by atoms with Crippen LogP contribution in [0.5, 0.6) is 0 Å². The second-order valence-corrected chi connectivity index (χ2v) is 8.91. The SMILES string of the molecule is CC1=C(C(=O)OC(C)C)[C@@H](c2ccc(C)cc2)C2C(=O)CC(C)(C)CC2=N1. The number of carbonyl (C=O) groups excluding carboxylic acids is 2. The minimum absolute atomic E-state index is 0.0968. The van der Waals surface area contributed by atoms with Crippen LogP contribution in [-0.4, -0.2) is 23.6 Å². The first-order valence-electron chi connectivity index (χ1n) is 9.67. The number of esters is 1. The van der Waals surface area contributed by atoms with Gasteiger partial charge in [0, 0.05) is 23.7 Å². The standard InChI is InChI=1S/C23H29NO3/c1-13(2)27-22(26)19-15(4)24-17-11-23(5,6)12-18(25)21(17)20(19)16-9-7-14(3)8-10-16/h7-10,13,20-21H,11-12H2,1-6H3/t20-,21?/m1/s1. The number of aliphatic imine (C=N–C) groups is 1.